The maximum atomic E-state index is 14.5. The number of carbonyl (C=O) groups is 6. The Balaban J connectivity index is 1.29. The van der Waals surface area contributed by atoms with Gasteiger partial charge in [-0.15, -0.1) is 0 Å². The molecule has 6 rings (SSSR count). The first-order valence-corrected chi connectivity index (χ1v) is 16.3. The fourth-order valence-electron chi connectivity index (χ4n) is 7.13. The molecular formula is C34H37FN4O10. The van der Waals surface area contributed by atoms with Gasteiger partial charge in [0, 0.05) is 30.1 Å². The number of aliphatic hydroxyl groups is 1. The van der Waals surface area contributed by atoms with Crippen LogP contribution in [-0.2, 0) is 38.2 Å². The standard InChI is InChI=1S/C34H37FN4O10/c1-36-34(32-47-25(40)15-33(46,31(45)48-32)16-26(41)49-34)30(44)38-27(19-6-3-2-4-7-19)29(43)39-13-5-8-24(39)21-14-22(18-37-17-21)28(42)20-9-11-23(35)12-10-20/h9-12,14,17-19,24,27,32,36,46H,2-8,13,15-16H2,1H3,(H,38,44)/t24-,27-,32?,33?,34+/m0/s1. The van der Waals surface area contributed by atoms with Crippen LogP contribution in [0.1, 0.15) is 85.3 Å². The number of benzene rings is 1. The van der Waals surface area contributed by atoms with E-state index < -0.39 is 78.1 Å². The van der Waals surface area contributed by atoms with Crippen molar-refractivity contribution in [3.05, 3.63) is 65.2 Å². The van der Waals surface area contributed by atoms with Gasteiger partial charge in [0.1, 0.15) is 11.9 Å². The molecule has 3 aliphatic heterocycles. The number of aromatic nitrogens is 1. The second-order valence-electron chi connectivity index (χ2n) is 13.0. The van der Waals surface area contributed by atoms with Gasteiger partial charge in [-0.1, -0.05) is 19.3 Å². The van der Waals surface area contributed by atoms with Crippen LogP contribution in [0.4, 0.5) is 4.39 Å². The Kier molecular flexibility index (Phi) is 9.49. The van der Waals surface area contributed by atoms with Crippen molar-refractivity contribution >= 4 is 35.5 Å². The highest BCUT2D eigenvalue weighted by Crippen LogP contribution is 2.37. The Labute approximate surface area is 280 Å². The molecule has 1 aliphatic carbocycles. The van der Waals surface area contributed by atoms with E-state index in [1.807, 2.05) is 0 Å². The Bertz CT molecular complexity index is 1660. The molecule has 0 spiro atoms. The summed E-state index contributed by atoms with van der Waals surface area (Å²) >= 11 is 0. The number of likely N-dealkylation sites (N-methyl/N-ethyl adjacent to an activating group) is 1. The smallest absolute Gasteiger partial charge is 0.342 e. The first kappa shape index (κ1) is 34.1. The molecule has 3 N–H and O–H groups in total. The van der Waals surface area contributed by atoms with E-state index >= 15 is 0 Å². The quantitative estimate of drug-likeness (QED) is 0.270. The molecule has 1 aromatic heterocycles. The van der Waals surface area contributed by atoms with Gasteiger partial charge in [-0.25, -0.2) is 9.18 Å². The highest BCUT2D eigenvalue weighted by molar-refractivity contribution is 6.08. The molecule has 2 aromatic rings. The van der Waals surface area contributed by atoms with Gasteiger partial charge in [0.2, 0.25) is 5.91 Å². The van der Waals surface area contributed by atoms with Crippen molar-refractivity contribution in [1.82, 2.24) is 20.5 Å². The lowest BCUT2D eigenvalue weighted by Gasteiger charge is -2.40. The summed E-state index contributed by atoms with van der Waals surface area (Å²) in [7, 11) is 1.23. The number of hydrogen-bond donors (Lipinski definition) is 3. The summed E-state index contributed by atoms with van der Waals surface area (Å²) in [5, 5.41) is 15.9. The fourth-order valence-corrected chi connectivity index (χ4v) is 7.13. The van der Waals surface area contributed by atoms with Gasteiger partial charge >= 0.3 is 29.9 Å². The molecule has 3 saturated heterocycles. The van der Waals surface area contributed by atoms with E-state index in [2.05, 4.69) is 15.6 Å². The summed E-state index contributed by atoms with van der Waals surface area (Å²) in [5.74, 6) is -6.24. The van der Waals surface area contributed by atoms with Crippen LogP contribution in [-0.4, -0.2) is 87.7 Å². The minimum absolute atomic E-state index is 0.266. The minimum Gasteiger partial charge on any atom is -0.426 e. The van der Waals surface area contributed by atoms with Crippen LogP contribution >= 0.6 is 0 Å². The van der Waals surface area contributed by atoms with Gasteiger partial charge in [0.25, 0.3) is 5.91 Å². The highest BCUT2D eigenvalue weighted by atomic mass is 19.1. The zero-order chi connectivity index (χ0) is 34.9. The number of nitrogens with one attached hydrogen (secondary N) is 2. The van der Waals surface area contributed by atoms with Gasteiger partial charge in [0.15, 0.2) is 11.4 Å². The molecule has 5 atom stereocenters. The fraction of sp³-hybridized carbons (Fsp3) is 0.500. The van der Waals surface area contributed by atoms with Crippen molar-refractivity contribution in [2.45, 2.75) is 87.5 Å². The molecule has 1 aromatic carbocycles. The molecule has 1 saturated carbocycles. The number of pyridine rings is 1. The summed E-state index contributed by atoms with van der Waals surface area (Å²) in [4.78, 5) is 86.1. The first-order chi connectivity index (χ1) is 23.4. The summed E-state index contributed by atoms with van der Waals surface area (Å²) in [6.45, 7) is 0.349. The molecule has 2 bridgehead atoms. The molecule has 49 heavy (non-hydrogen) atoms. The average molecular weight is 681 g/mol. The van der Waals surface area contributed by atoms with Crippen molar-refractivity contribution in [2.75, 3.05) is 13.6 Å². The number of rotatable bonds is 8. The van der Waals surface area contributed by atoms with Crippen molar-refractivity contribution in [1.29, 1.82) is 0 Å². The lowest BCUT2D eigenvalue weighted by atomic mass is 9.83. The number of amides is 2. The van der Waals surface area contributed by atoms with Crippen LogP contribution in [0.3, 0.4) is 0 Å². The van der Waals surface area contributed by atoms with Crippen molar-refractivity contribution in [3.63, 3.8) is 0 Å². The van der Waals surface area contributed by atoms with E-state index in [1.54, 1.807) is 17.2 Å². The number of nitrogens with zero attached hydrogens (tertiary/aromatic N) is 2. The number of likely N-dealkylation sites (tertiary alicyclic amines) is 1. The predicted octanol–water partition coefficient (Wildman–Crippen LogP) is 1.59. The van der Waals surface area contributed by atoms with E-state index in [0.29, 0.717) is 37.8 Å². The minimum atomic E-state index is -2.58. The number of ether oxygens (including phenoxy) is 3. The van der Waals surface area contributed by atoms with Gasteiger partial charge < -0.3 is 29.5 Å². The monoisotopic (exact) mass is 680 g/mol. The lowest BCUT2D eigenvalue weighted by Crippen LogP contribution is -2.70. The van der Waals surface area contributed by atoms with Crippen molar-refractivity contribution < 1.29 is 52.5 Å². The lowest BCUT2D eigenvalue weighted by molar-refractivity contribution is -0.249. The summed E-state index contributed by atoms with van der Waals surface area (Å²) in [6, 6.07) is 5.22. The SMILES string of the molecule is CN[C@]1(C(=O)N[C@H](C(=O)N2CCC[C@H]2c2cncc(C(=O)c3ccc(F)cc3)c2)C2CCCCC2)OC(=O)CC2(O)CC(=O)OC1OC2=O. The normalized spacial score (nSPS) is 28.0. The van der Waals surface area contributed by atoms with E-state index in [0.717, 1.165) is 19.3 Å². The van der Waals surface area contributed by atoms with Crippen LogP contribution < -0.4 is 10.6 Å². The second-order valence-corrected chi connectivity index (χ2v) is 13.0. The zero-order valence-corrected chi connectivity index (χ0v) is 26.8. The third-order valence-corrected chi connectivity index (χ3v) is 9.74. The summed E-state index contributed by atoms with van der Waals surface area (Å²) in [6.07, 6.45) is 4.02. The van der Waals surface area contributed by atoms with E-state index in [-0.39, 0.29) is 22.8 Å². The summed E-state index contributed by atoms with van der Waals surface area (Å²) < 4.78 is 29.4. The number of carbonyl (C=O) groups excluding carboxylic acids is 6. The number of hydrogen-bond acceptors (Lipinski definition) is 12. The predicted molar refractivity (Wildman–Crippen MR) is 164 cm³/mol. The molecule has 4 heterocycles. The second kappa shape index (κ2) is 13.6. The molecular weight excluding hydrogens is 643 g/mol. The van der Waals surface area contributed by atoms with Gasteiger partial charge in [-0.2, -0.15) is 0 Å². The van der Waals surface area contributed by atoms with E-state index in [1.165, 1.54) is 37.5 Å². The van der Waals surface area contributed by atoms with Crippen LogP contribution in [0, 0.1) is 11.7 Å². The van der Waals surface area contributed by atoms with Crippen LogP contribution in [0.5, 0.6) is 0 Å². The number of halogens is 1. The Morgan fingerprint density at radius 1 is 0.959 bits per heavy atom. The molecule has 2 unspecified atom stereocenters. The van der Waals surface area contributed by atoms with Gasteiger partial charge in [-0.05, 0) is 74.5 Å². The first-order valence-electron chi connectivity index (χ1n) is 16.3. The van der Waals surface area contributed by atoms with Crippen LogP contribution in [0.2, 0.25) is 0 Å². The van der Waals surface area contributed by atoms with E-state index in [4.69, 9.17) is 14.2 Å². The summed E-state index contributed by atoms with van der Waals surface area (Å²) in [5.41, 5.74) is -3.95. The average Bonchev–Trinajstić information content (AvgIpc) is 3.56. The number of fused-ring (bicyclic) bond motifs is 3. The van der Waals surface area contributed by atoms with Crippen LogP contribution in [0.25, 0.3) is 0 Å². The zero-order valence-electron chi connectivity index (χ0n) is 26.8. The Morgan fingerprint density at radius 3 is 2.39 bits per heavy atom. The largest absolute Gasteiger partial charge is 0.426 e. The third kappa shape index (κ3) is 6.64. The van der Waals surface area contributed by atoms with Gasteiger partial charge in [-0.3, -0.25) is 34.3 Å². The van der Waals surface area contributed by atoms with Gasteiger partial charge in [0.05, 0.1) is 18.9 Å². The maximum Gasteiger partial charge on any atom is 0.342 e. The number of esters is 3. The molecule has 0 radical (unpaired) electrons. The van der Waals surface area contributed by atoms with Crippen molar-refractivity contribution in [2.24, 2.45) is 5.92 Å². The topological polar surface area (TPSA) is 191 Å². The van der Waals surface area contributed by atoms with E-state index in [9.17, 15) is 38.3 Å². The Morgan fingerprint density at radius 2 is 1.67 bits per heavy atom. The van der Waals surface area contributed by atoms with Crippen molar-refractivity contribution in [3.8, 4) is 0 Å². The molecule has 2 amide bonds. The highest BCUT2D eigenvalue weighted by Gasteiger charge is 2.61. The third-order valence-electron chi connectivity index (χ3n) is 9.74. The maximum absolute atomic E-state index is 14.5. The Hall–Kier alpha value is -4.76. The molecule has 14 nitrogen and oxygen atoms in total. The molecule has 15 heteroatoms. The number of ketones is 1. The number of cyclic esters (lactones) is 1. The van der Waals surface area contributed by atoms with Crippen LogP contribution in [0.15, 0.2) is 42.7 Å². The molecule has 4 fully saturated rings. The molecule has 4 aliphatic rings. The molecule has 260 valence electrons.